The van der Waals surface area contributed by atoms with Crippen molar-refractivity contribution in [3.05, 3.63) is 29.3 Å². The van der Waals surface area contributed by atoms with Crippen molar-refractivity contribution in [3.8, 4) is 0 Å². The standard InChI is InChI=1S/C18H27N3O2/c1-3-14-8-5-9-15(4-2)17(14)20-18(23)21-10-6-7-13(12-21)11-16(19)22/h5,8-9,13H,3-4,6-7,10-12H2,1-2H3,(H2,19,22)(H,20,23)/t13-/m0/s1. The number of primary amides is 1. The maximum atomic E-state index is 12.6. The summed E-state index contributed by atoms with van der Waals surface area (Å²) in [5, 5.41) is 3.10. The fourth-order valence-electron chi connectivity index (χ4n) is 3.29. The fourth-order valence-corrected chi connectivity index (χ4v) is 3.29. The molecule has 1 heterocycles. The fraction of sp³-hybridized carbons (Fsp3) is 0.556. The number of amides is 3. The van der Waals surface area contributed by atoms with Gasteiger partial charge in [-0.15, -0.1) is 0 Å². The molecule has 1 aromatic carbocycles. The highest BCUT2D eigenvalue weighted by molar-refractivity contribution is 5.91. The second-order valence-corrected chi connectivity index (χ2v) is 6.21. The predicted octanol–water partition coefficient (Wildman–Crippen LogP) is 2.93. The zero-order valence-corrected chi connectivity index (χ0v) is 14.1. The lowest BCUT2D eigenvalue weighted by molar-refractivity contribution is -0.119. The summed E-state index contributed by atoms with van der Waals surface area (Å²) in [4.78, 5) is 25.5. The van der Waals surface area contributed by atoms with Gasteiger partial charge in [0.05, 0.1) is 0 Å². The lowest BCUT2D eigenvalue weighted by Gasteiger charge is -2.32. The Morgan fingerprint density at radius 3 is 2.48 bits per heavy atom. The normalized spacial score (nSPS) is 17.8. The first-order chi connectivity index (χ1) is 11.0. The van der Waals surface area contributed by atoms with Crippen LogP contribution in [0.5, 0.6) is 0 Å². The van der Waals surface area contributed by atoms with Gasteiger partial charge in [-0.2, -0.15) is 0 Å². The van der Waals surface area contributed by atoms with Gasteiger partial charge >= 0.3 is 6.03 Å². The van der Waals surface area contributed by atoms with Gasteiger partial charge in [0.25, 0.3) is 0 Å². The van der Waals surface area contributed by atoms with Crippen LogP contribution in [0.2, 0.25) is 0 Å². The number of nitrogens with two attached hydrogens (primary N) is 1. The second-order valence-electron chi connectivity index (χ2n) is 6.21. The summed E-state index contributed by atoms with van der Waals surface area (Å²) in [6.45, 7) is 5.52. The number of carbonyl (C=O) groups excluding carboxylic acids is 2. The van der Waals surface area contributed by atoms with E-state index in [0.717, 1.165) is 49.0 Å². The van der Waals surface area contributed by atoms with Crippen molar-refractivity contribution in [2.75, 3.05) is 18.4 Å². The van der Waals surface area contributed by atoms with E-state index in [2.05, 4.69) is 31.3 Å². The molecule has 5 nitrogen and oxygen atoms in total. The van der Waals surface area contributed by atoms with E-state index >= 15 is 0 Å². The largest absolute Gasteiger partial charge is 0.370 e. The van der Waals surface area contributed by atoms with Crippen LogP contribution in [0.25, 0.3) is 0 Å². The number of piperidine rings is 1. The van der Waals surface area contributed by atoms with E-state index in [1.165, 1.54) is 0 Å². The first kappa shape index (κ1) is 17.3. The first-order valence-corrected chi connectivity index (χ1v) is 8.50. The van der Waals surface area contributed by atoms with Gasteiger partial charge in [-0.05, 0) is 42.7 Å². The van der Waals surface area contributed by atoms with Crippen LogP contribution in [0, 0.1) is 5.92 Å². The van der Waals surface area contributed by atoms with Crippen molar-refractivity contribution in [1.29, 1.82) is 0 Å². The van der Waals surface area contributed by atoms with E-state index in [9.17, 15) is 9.59 Å². The number of likely N-dealkylation sites (tertiary alicyclic amines) is 1. The Labute approximate surface area is 138 Å². The van der Waals surface area contributed by atoms with Gasteiger partial charge in [0.2, 0.25) is 5.91 Å². The Bertz CT molecular complexity index is 549. The SMILES string of the molecule is CCc1cccc(CC)c1NC(=O)N1CCC[C@@H](CC(N)=O)C1. The van der Waals surface area contributed by atoms with Crippen molar-refractivity contribution in [2.45, 2.75) is 46.0 Å². The number of aryl methyl sites for hydroxylation is 2. The Balaban J connectivity index is 2.08. The number of benzene rings is 1. The molecular weight excluding hydrogens is 290 g/mol. The number of para-hydroxylation sites is 1. The number of anilines is 1. The van der Waals surface area contributed by atoms with Crippen LogP contribution in [0.1, 0.15) is 44.2 Å². The van der Waals surface area contributed by atoms with E-state index in [-0.39, 0.29) is 17.9 Å². The number of urea groups is 1. The monoisotopic (exact) mass is 317 g/mol. The number of carbonyl (C=O) groups is 2. The quantitative estimate of drug-likeness (QED) is 0.876. The van der Waals surface area contributed by atoms with E-state index < -0.39 is 0 Å². The average Bonchev–Trinajstić information content (AvgIpc) is 2.54. The lowest BCUT2D eigenvalue weighted by atomic mass is 9.95. The van der Waals surface area contributed by atoms with Gasteiger partial charge < -0.3 is 16.0 Å². The minimum Gasteiger partial charge on any atom is -0.370 e. The molecule has 1 atom stereocenters. The van der Waals surface area contributed by atoms with Gasteiger partial charge in [-0.25, -0.2) is 4.79 Å². The zero-order valence-electron chi connectivity index (χ0n) is 14.1. The third kappa shape index (κ3) is 4.47. The van der Waals surface area contributed by atoms with Crippen LogP contribution >= 0.6 is 0 Å². The minimum atomic E-state index is -0.290. The van der Waals surface area contributed by atoms with Gasteiger partial charge in [-0.3, -0.25) is 4.79 Å². The highest BCUT2D eigenvalue weighted by atomic mass is 16.2. The first-order valence-electron chi connectivity index (χ1n) is 8.50. The summed E-state index contributed by atoms with van der Waals surface area (Å²) in [5.74, 6) is -0.110. The van der Waals surface area contributed by atoms with Crippen LogP contribution in [0.4, 0.5) is 10.5 Å². The van der Waals surface area contributed by atoms with Crippen molar-refractivity contribution in [1.82, 2.24) is 4.90 Å². The van der Waals surface area contributed by atoms with Gasteiger partial charge in [0.15, 0.2) is 0 Å². The topological polar surface area (TPSA) is 75.4 Å². The molecule has 1 fully saturated rings. The Hall–Kier alpha value is -2.04. The van der Waals surface area contributed by atoms with Crippen molar-refractivity contribution in [3.63, 3.8) is 0 Å². The van der Waals surface area contributed by atoms with E-state index in [4.69, 9.17) is 5.73 Å². The third-order valence-electron chi connectivity index (χ3n) is 4.53. The molecule has 0 spiro atoms. The second kappa shape index (κ2) is 7.99. The highest BCUT2D eigenvalue weighted by Crippen LogP contribution is 2.25. The average molecular weight is 317 g/mol. The molecule has 23 heavy (non-hydrogen) atoms. The molecule has 0 unspecified atom stereocenters. The lowest BCUT2D eigenvalue weighted by Crippen LogP contribution is -2.43. The van der Waals surface area contributed by atoms with Gasteiger partial charge in [0.1, 0.15) is 0 Å². The summed E-state index contributed by atoms with van der Waals surface area (Å²) in [6, 6.07) is 6.08. The van der Waals surface area contributed by atoms with Crippen LogP contribution in [-0.4, -0.2) is 29.9 Å². The molecule has 1 aromatic rings. The summed E-state index contributed by atoms with van der Waals surface area (Å²) in [5.41, 5.74) is 8.54. The molecule has 0 saturated carbocycles. The van der Waals surface area contributed by atoms with E-state index in [0.29, 0.717) is 13.0 Å². The number of nitrogens with zero attached hydrogens (tertiary/aromatic N) is 1. The van der Waals surface area contributed by atoms with E-state index in [1.54, 1.807) is 0 Å². The number of nitrogens with one attached hydrogen (secondary N) is 1. The Kier molecular flexibility index (Phi) is 6.02. The molecule has 3 amide bonds. The Morgan fingerprint density at radius 2 is 1.91 bits per heavy atom. The van der Waals surface area contributed by atoms with E-state index in [1.807, 2.05) is 11.0 Å². The number of rotatable bonds is 5. The smallest absolute Gasteiger partial charge is 0.321 e. The molecule has 126 valence electrons. The summed E-state index contributed by atoms with van der Waals surface area (Å²) >= 11 is 0. The minimum absolute atomic E-state index is 0.0743. The molecule has 1 saturated heterocycles. The third-order valence-corrected chi connectivity index (χ3v) is 4.53. The molecule has 0 aromatic heterocycles. The predicted molar refractivity (Wildman–Crippen MR) is 92.3 cm³/mol. The van der Waals surface area contributed by atoms with Crippen LogP contribution in [0.3, 0.4) is 0 Å². The maximum Gasteiger partial charge on any atom is 0.321 e. The summed E-state index contributed by atoms with van der Waals surface area (Å²) < 4.78 is 0. The van der Waals surface area contributed by atoms with Crippen molar-refractivity contribution < 1.29 is 9.59 Å². The zero-order chi connectivity index (χ0) is 16.8. The molecule has 5 heteroatoms. The summed E-state index contributed by atoms with van der Waals surface area (Å²) in [7, 11) is 0. The van der Waals surface area contributed by atoms with Crippen molar-refractivity contribution >= 4 is 17.6 Å². The molecular formula is C18H27N3O2. The van der Waals surface area contributed by atoms with Crippen LogP contribution in [-0.2, 0) is 17.6 Å². The van der Waals surface area contributed by atoms with Gasteiger partial charge in [-0.1, -0.05) is 32.0 Å². The molecule has 1 aliphatic heterocycles. The molecule has 0 bridgehead atoms. The molecule has 1 aliphatic rings. The van der Waals surface area contributed by atoms with Crippen LogP contribution < -0.4 is 11.1 Å². The summed E-state index contributed by atoms with van der Waals surface area (Å²) in [6.07, 6.45) is 4.00. The molecule has 2 rings (SSSR count). The van der Waals surface area contributed by atoms with Crippen molar-refractivity contribution in [2.24, 2.45) is 11.7 Å². The number of hydrogen-bond donors (Lipinski definition) is 2. The Morgan fingerprint density at radius 1 is 1.26 bits per heavy atom. The molecule has 3 N–H and O–H groups in total. The highest BCUT2D eigenvalue weighted by Gasteiger charge is 2.25. The molecule has 0 aliphatic carbocycles. The number of hydrogen-bond acceptors (Lipinski definition) is 2. The van der Waals surface area contributed by atoms with Crippen LogP contribution in [0.15, 0.2) is 18.2 Å². The maximum absolute atomic E-state index is 12.6. The molecule has 0 radical (unpaired) electrons. The van der Waals surface area contributed by atoms with Gasteiger partial charge in [0, 0.05) is 25.2 Å².